The number of aromatic nitrogens is 1. The Morgan fingerprint density at radius 3 is 2.80 bits per heavy atom. The van der Waals surface area contributed by atoms with E-state index >= 15 is 0 Å². The molecule has 216 valence electrons. The third-order valence-corrected chi connectivity index (χ3v) is 7.90. The van der Waals surface area contributed by atoms with Crippen LogP contribution in [0.2, 0.25) is 0 Å². The number of thiazole rings is 1. The zero-order chi connectivity index (χ0) is 29.0. The average molecular weight is 645 g/mol. The van der Waals surface area contributed by atoms with Gasteiger partial charge in [0, 0.05) is 47.8 Å². The van der Waals surface area contributed by atoms with Crippen molar-refractivity contribution >= 4 is 45.0 Å². The van der Waals surface area contributed by atoms with Crippen molar-refractivity contribution in [3.05, 3.63) is 61.9 Å². The Bertz CT molecular complexity index is 1310. The number of carbonyl (C=O) groups is 2. The number of aliphatic carboxylic acids is 1. The normalized spacial score (nSPS) is 21.2. The number of hydrogen-bond acceptors (Lipinski definition) is 9. The highest BCUT2D eigenvalue weighted by atomic mass is 79.9. The van der Waals surface area contributed by atoms with Crippen molar-refractivity contribution in [3.8, 4) is 0 Å². The summed E-state index contributed by atoms with van der Waals surface area (Å²) in [6.07, 6.45) is 1.22. The lowest BCUT2D eigenvalue weighted by Crippen LogP contribution is -2.51. The maximum absolute atomic E-state index is 14.9. The minimum atomic E-state index is -3.02. The van der Waals surface area contributed by atoms with Gasteiger partial charge in [-0.15, -0.1) is 11.3 Å². The molecule has 0 bridgehead atoms. The largest absolute Gasteiger partial charge is 0.480 e. The van der Waals surface area contributed by atoms with Crippen molar-refractivity contribution in [2.75, 3.05) is 46.4 Å². The quantitative estimate of drug-likeness (QED) is 0.375. The molecule has 3 heterocycles. The molecule has 0 radical (unpaired) electrons. The third kappa shape index (κ3) is 7.47. The molecule has 0 amide bonds. The molecule has 9 nitrogen and oxygen atoms in total. The first kappa shape index (κ1) is 30.2. The third-order valence-electron chi connectivity index (χ3n) is 6.43. The Morgan fingerprint density at radius 1 is 1.38 bits per heavy atom. The number of esters is 1. The summed E-state index contributed by atoms with van der Waals surface area (Å²) in [6, 6.07) is 3.11. The molecule has 14 heteroatoms. The van der Waals surface area contributed by atoms with Gasteiger partial charge in [0.2, 0.25) is 0 Å². The van der Waals surface area contributed by atoms with Crippen LogP contribution in [0.3, 0.4) is 0 Å². The number of carboxylic acid groups (broad SMARTS) is 1. The second-order valence-electron chi connectivity index (χ2n) is 9.81. The van der Waals surface area contributed by atoms with Gasteiger partial charge in [-0.1, -0.05) is 22.0 Å². The summed E-state index contributed by atoms with van der Waals surface area (Å²) < 4.78 is 49.5. The number of nitrogens with zero attached hydrogens (tertiary/aromatic N) is 4. The van der Waals surface area contributed by atoms with Crippen molar-refractivity contribution in [1.82, 2.24) is 20.1 Å². The van der Waals surface area contributed by atoms with E-state index in [4.69, 9.17) is 14.8 Å². The highest BCUT2D eigenvalue weighted by Crippen LogP contribution is 2.38. The molecule has 0 saturated carbocycles. The van der Waals surface area contributed by atoms with E-state index in [0.717, 1.165) is 0 Å². The van der Waals surface area contributed by atoms with Gasteiger partial charge in [0.1, 0.15) is 11.9 Å². The Hall–Kier alpha value is -2.81. The van der Waals surface area contributed by atoms with Crippen LogP contribution in [-0.4, -0.2) is 90.0 Å². The van der Waals surface area contributed by atoms with E-state index in [9.17, 15) is 22.8 Å². The number of halogens is 4. The van der Waals surface area contributed by atoms with Crippen molar-refractivity contribution in [3.63, 3.8) is 0 Å². The second-order valence-corrected chi connectivity index (χ2v) is 11.6. The fourth-order valence-electron chi connectivity index (χ4n) is 5.08. The second kappa shape index (κ2) is 12.8. The monoisotopic (exact) mass is 643 g/mol. The van der Waals surface area contributed by atoms with Gasteiger partial charge in [0.05, 0.1) is 25.3 Å². The fraction of sp³-hybridized carbons (Fsp3) is 0.462. The van der Waals surface area contributed by atoms with E-state index in [1.807, 2.05) is 0 Å². The van der Waals surface area contributed by atoms with Gasteiger partial charge >= 0.3 is 11.9 Å². The van der Waals surface area contributed by atoms with Crippen LogP contribution in [0.4, 0.5) is 13.2 Å². The number of piperidine rings is 1. The predicted molar refractivity (Wildman–Crippen MR) is 147 cm³/mol. The Morgan fingerprint density at radius 2 is 2.15 bits per heavy atom. The van der Waals surface area contributed by atoms with Gasteiger partial charge in [-0.25, -0.2) is 22.9 Å². The van der Waals surface area contributed by atoms with Crippen LogP contribution in [0, 0.1) is 11.7 Å². The fourth-order valence-corrected chi connectivity index (χ4v) is 6.23. The van der Waals surface area contributed by atoms with Crippen molar-refractivity contribution in [2.24, 2.45) is 10.9 Å². The van der Waals surface area contributed by atoms with Crippen molar-refractivity contribution < 1.29 is 32.6 Å². The standard InChI is InChI=1S/C26H29BrF3N5O4S/c1-3-39-25(38)21-19(12-35-11-15(9-26(29,30)14-35)10-34(2)13-20(36)37)32-23(24-31-6-7-40-24)33-22(21)17-5-4-16(28)8-18(17)27/h4-8,15,22H,3,9-14H2,1-2H3,(H,32,33)(H,36,37). The first-order valence-electron chi connectivity index (χ1n) is 12.6. The lowest BCUT2D eigenvalue weighted by Gasteiger charge is -2.40. The summed E-state index contributed by atoms with van der Waals surface area (Å²) in [4.78, 5) is 36.5. The number of likely N-dealkylation sites (tertiary alicyclic amines) is 1. The molecule has 0 spiro atoms. The Kier molecular flexibility index (Phi) is 9.64. The number of rotatable bonds is 10. The molecule has 1 fully saturated rings. The number of hydrogen-bond donors (Lipinski definition) is 2. The number of alkyl halides is 2. The number of nitrogens with one attached hydrogen (secondary N) is 1. The summed E-state index contributed by atoms with van der Waals surface area (Å²) in [5.41, 5.74) is 0.952. The first-order chi connectivity index (χ1) is 19.0. The molecule has 2 aliphatic heterocycles. The van der Waals surface area contributed by atoms with E-state index < -0.39 is 42.2 Å². The number of aliphatic imine (C=N–C) groups is 1. The molecule has 2 N–H and O–H groups in total. The van der Waals surface area contributed by atoms with E-state index in [0.29, 0.717) is 26.6 Å². The number of ether oxygens (including phenoxy) is 1. The number of amidine groups is 1. The maximum atomic E-state index is 14.9. The molecule has 1 aromatic heterocycles. The Balaban J connectivity index is 1.73. The molecule has 40 heavy (non-hydrogen) atoms. The van der Waals surface area contributed by atoms with Crippen LogP contribution in [0.15, 0.2) is 50.5 Å². The maximum Gasteiger partial charge on any atom is 0.338 e. The lowest BCUT2D eigenvalue weighted by molar-refractivity contribution is -0.139. The molecule has 1 saturated heterocycles. The summed E-state index contributed by atoms with van der Waals surface area (Å²) in [5.74, 6) is -5.36. The van der Waals surface area contributed by atoms with Crippen LogP contribution >= 0.6 is 27.3 Å². The van der Waals surface area contributed by atoms with Crippen molar-refractivity contribution in [1.29, 1.82) is 0 Å². The van der Waals surface area contributed by atoms with E-state index in [-0.39, 0.29) is 44.8 Å². The zero-order valence-corrected chi connectivity index (χ0v) is 24.3. The number of benzene rings is 1. The van der Waals surface area contributed by atoms with Gasteiger partial charge < -0.3 is 15.2 Å². The molecule has 2 unspecified atom stereocenters. The Labute approximate surface area is 241 Å². The van der Waals surface area contributed by atoms with E-state index in [2.05, 4.69) is 26.2 Å². The van der Waals surface area contributed by atoms with E-state index in [1.54, 1.807) is 30.4 Å². The summed E-state index contributed by atoms with van der Waals surface area (Å²) in [6.45, 7) is 1.32. The first-order valence-corrected chi connectivity index (χ1v) is 14.2. The predicted octanol–water partition coefficient (Wildman–Crippen LogP) is 3.93. The van der Waals surface area contributed by atoms with Crippen LogP contribution in [0.5, 0.6) is 0 Å². The van der Waals surface area contributed by atoms with Crippen LogP contribution in [0.25, 0.3) is 0 Å². The van der Waals surface area contributed by atoms with Gasteiger partial charge in [-0.05, 0) is 37.6 Å². The van der Waals surface area contributed by atoms with Crippen molar-refractivity contribution in [2.45, 2.75) is 25.3 Å². The smallest absolute Gasteiger partial charge is 0.338 e. The molecular formula is C26H29BrF3N5O4S. The van der Waals surface area contributed by atoms with Gasteiger partial charge in [0.15, 0.2) is 10.8 Å². The lowest BCUT2D eigenvalue weighted by atomic mass is 9.92. The highest BCUT2D eigenvalue weighted by molar-refractivity contribution is 9.10. The van der Waals surface area contributed by atoms with Crippen LogP contribution in [-0.2, 0) is 14.3 Å². The van der Waals surface area contributed by atoms with Crippen LogP contribution in [0.1, 0.15) is 30.0 Å². The van der Waals surface area contributed by atoms with Crippen LogP contribution < -0.4 is 5.32 Å². The van der Waals surface area contributed by atoms with E-state index in [1.165, 1.54) is 34.4 Å². The number of carbonyl (C=O) groups excluding carboxylic acids is 1. The molecule has 4 rings (SSSR count). The number of carboxylic acids is 1. The van der Waals surface area contributed by atoms with Gasteiger partial charge in [-0.2, -0.15) is 0 Å². The van der Waals surface area contributed by atoms with Gasteiger partial charge in [-0.3, -0.25) is 19.6 Å². The molecule has 1 aromatic carbocycles. The summed E-state index contributed by atoms with van der Waals surface area (Å²) >= 11 is 4.69. The molecule has 2 aromatic rings. The molecule has 2 atom stereocenters. The molecular weight excluding hydrogens is 615 g/mol. The minimum Gasteiger partial charge on any atom is -0.480 e. The van der Waals surface area contributed by atoms with Gasteiger partial charge in [0.25, 0.3) is 5.92 Å². The topological polar surface area (TPSA) is 107 Å². The number of likely N-dealkylation sites (N-methyl/N-ethyl adjacent to an activating group) is 1. The summed E-state index contributed by atoms with van der Waals surface area (Å²) in [5, 5.41) is 14.5. The average Bonchev–Trinajstić information content (AvgIpc) is 3.37. The minimum absolute atomic E-state index is 0.0530. The SMILES string of the molecule is CCOC(=O)C1=C(CN2CC(CN(C)CC(=O)O)CC(F)(F)C2)NC(c2nccs2)=NC1c1ccc(F)cc1Br. The zero-order valence-electron chi connectivity index (χ0n) is 21.9. The molecule has 2 aliphatic rings. The highest BCUT2D eigenvalue weighted by Gasteiger charge is 2.42. The summed E-state index contributed by atoms with van der Waals surface area (Å²) in [7, 11) is 1.58. The molecule has 0 aliphatic carbocycles.